The van der Waals surface area contributed by atoms with Crippen LogP contribution in [0.25, 0.3) is 11.2 Å². The standard InChI is InChI=1S/C17H18FN6O3Si/c1-9-5-10(14(19)25)11(18)6-12(9)21-16-20-7-13-15(22-16)24(17(26)23(13)2)28-4-3-27-8-28/h5-7H,3-4,8H2,1-2H3,(H2,19,25)(H,20,21,22). The molecule has 0 unspecified atom stereocenters. The number of benzene rings is 1. The third-order valence-corrected chi connectivity index (χ3v) is 7.10. The van der Waals surface area contributed by atoms with Crippen LogP contribution < -0.4 is 16.7 Å². The number of imidazole rings is 1. The fourth-order valence-electron chi connectivity index (χ4n) is 3.21. The van der Waals surface area contributed by atoms with Crippen molar-refractivity contribution in [2.75, 3.05) is 18.2 Å². The summed E-state index contributed by atoms with van der Waals surface area (Å²) in [6, 6.07) is 3.38. The maximum Gasteiger partial charge on any atom is 0.321 e. The first kappa shape index (κ1) is 18.3. The Hall–Kier alpha value is -3.05. The van der Waals surface area contributed by atoms with Crippen LogP contribution in [0.5, 0.6) is 0 Å². The van der Waals surface area contributed by atoms with Gasteiger partial charge in [0.2, 0.25) is 14.9 Å². The number of hydrogen-bond acceptors (Lipinski definition) is 6. The smallest absolute Gasteiger partial charge is 0.321 e. The number of nitrogens with one attached hydrogen (secondary N) is 1. The summed E-state index contributed by atoms with van der Waals surface area (Å²) >= 11 is 0. The van der Waals surface area contributed by atoms with Crippen LogP contribution in [0.1, 0.15) is 15.9 Å². The second kappa shape index (κ2) is 6.84. The summed E-state index contributed by atoms with van der Waals surface area (Å²) in [6.45, 7) is 2.35. The number of halogens is 1. The van der Waals surface area contributed by atoms with Crippen molar-refractivity contribution in [1.29, 1.82) is 0 Å². The summed E-state index contributed by atoms with van der Waals surface area (Å²) in [7, 11) is 0.468. The highest BCUT2D eigenvalue weighted by molar-refractivity contribution is 6.58. The Morgan fingerprint density at radius 3 is 2.89 bits per heavy atom. The number of carbonyl (C=O) groups excluding carboxylic acids is 1. The van der Waals surface area contributed by atoms with Gasteiger partial charge < -0.3 is 20.0 Å². The molecule has 0 atom stereocenters. The molecule has 1 radical (unpaired) electrons. The number of nitrogens with two attached hydrogens (primary N) is 1. The van der Waals surface area contributed by atoms with Gasteiger partial charge in [0.25, 0.3) is 5.91 Å². The van der Waals surface area contributed by atoms with Gasteiger partial charge in [-0.15, -0.1) is 0 Å². The van der Waals surface area contributed by atoms with E-state index in [1.54, 1.807) is 24.4 Å². The maximum absolute atomic E-state index is 14.1. The van der Waals surface area contributed by atoms with E-state index in [-0.39, 0.29) is 17.2 Å². The van der Waals surface area contributed by atoms with Crippen LogP contribution in [0.15, 0.2) is 23.1 Å². The lowest BCUT2D eigenvalue weighted by molar-refractivity contribution is 0.0996. The Kier molecular flexibility index (Phi) is 4.47. The fraction of sp³-hybridized carbons (Fsp3) is 0.294. The predicted molar refractivity (Wildman–Crippen MR) is 102 cm³/mol. The molecule has 2 aromatic heterocycles. The van der Waals surface area contributed by atoms with E-state index in [0.717, 1.165) is 6.04 Å². The van der Waals surface area contributed by atoms with E-state index in [2.05, 4.69) is 15.3 Å². The molecule has 1 aliphatic heterocycles. The summed E-state index contributed by atoms with van der Waals surface area (Å²) in [5.41, 5.74) is 7.01. The first-order chi connectivity index (χ1) is 13.4. The zero-order valence-corrected chi connectivity index (χ0v) is 16.3. The number of carbonyl (C=O) groups is 1. The lowest BCUT2D eigenvalue weighted by atomic mass is 10.1. The van der Waals surface area contributed by atoms with Crippen LogP contribution >= 0.6 is 0 Å². The zero-order chi connectivity index (χ0) is 20.0. The van der Waals surface area contributed by atoms with Gasteiger partial charge in [0.1, 0.15) is 11.3 Å². The Balaban J connectivity index is 1.76. The number of fused-ring (bicyclic) bond motifs is 1. The van der Waals surface area contributed by atoms with Crippen LogP contribution in [0.3, 0.4) is 0 Å². The molecule has 4 rings (SSSR count). The molecule has 0 aliphatic carbocycles. The largest absolute Gasteiger partial charge is 0.383 e. The summed E-state index contributed by atoms with van der Waals surface area (Å²) in [5, 5.41) is 2.96. The van der Waals surface area contributed by atoms with Crippen LogP contribution in [0.4, 0.5) is 16.0 Å². The average molecular weight is 401 g/mol. The van der Waals surface area contributed by atoms with Gasteiger partial charge in [-0.3, -0.25) is 9.36 Å². The molecule has 1 aromatic carbocycles. The Morgan fingerprint density at radius 1 is 1.43 bits per heavy atom. The van der Waals surface area contributed by atoms with Crippen molar-refractivity contribution in [1.82, 2.24) is 18.8 Å². The lowest BCUT2D eigenvalue weighted by Crippen LogP contribution is -2.36. The molecule has 1 fully saturated rings. The number of primary amides is 1. The SMILES string of the molecule is Cc1cc(C(N)=O)c(F)cc1Nc1ncc2c(n1)n([Si]1CCOC1)c(=O)n2C. The minimum atomic E-state index is -1.21. The van der Waals surface area contributed by atoms with Crippen molar-refractivity contribution in [3.8, 4) is 0 Å². The van der Waals surface area contributed by atoms with Gasteiger partial charge >= 0.3 is 5.69 Å². The second-order valence-corrected chi connectivity index (χ2v) is 8.95. The summed E-state index contributed by atoms with van der Waals surface area (Å²) in [6.07, 6.45) is 2.11. The van der Waals surface area contributed by atoms with E-state index in [1.165, 1.54) is 16.7 Å². The zero-order valence-electron chi connectivity index (χ0n) is 15.3. The third kappa shape index (κ3) is 2.98. The van der Waals surface area contributed by atoms with E-state index < -0.39 is 20.7 Å². The molecule has 28 heavy (non-hydrogen) atoms. The van der Waals surface area contributed by atoms with Gasteiger partial charge in [0.05, 0.1) is 18.0 Å². The molecule has 0 spiro atoms. The molecule has 3 N–H and O–H groups in total. The van der Waals surface area contributed by atoms with Gasteiger partial charge in [-0.05, 0) is 30.7 Å². The molecular weight excluding hydrogens is 383 g/mol. The molecule has 3 aromatic rings. The van der Waals surface area contributed by atoms with Gasteiger partial charge in [0, 0.05) is 19.3 Å². The number of aromatic nitrogens is 4. The summed E-state index contributed by atoms with van der Waals surface area (Å²) in [4.78, 5) is 32.7. The minimum absolute atomic E-state index is 0.145. The molecule has 3 heterocycles. The number of amides is 1. The van der Waals surface area contributed by atoms with Gasteiger partial charge in [-0.2, -0.15) is 4.98 Å². The Bertz CT molecular complexity index is 1150. The van der Waals surface area contributed by atoms with E-state index in [0.29, 0.717) is 35.3 Å². The van der Waals surface area contributed by atoms with E-state index >= 15 is 0 Å². The number of aryl methyl sites for hydroxylation is 2. The normalized spacial score (nSPS) is 14.7. The Morgan fingerprint density at radius 2 is 2.21 bits per heavy atom. The molecule has 9 nitrogen and oxygen atoms in total. The Labute approximate surface area is 160 Å². The monoisotopic (exact) mass is 401 g/mol. The average Bonchev–Trinajstić information content (AvgIpc) is 3.25. The molecule has 11 heteroatoms. The quantitative estimate of drug-likeness (QED) is 0.626. The maximum atomic E-state index is 14.1. The number of ether oxygens (including phenoxy) is 1. The van der Waals surface area contributed by atoms with Crippen molar-refractivity contribution in [3.63, 3.8) is 0 Å². The highest BCUT2D eigenvalue weighted by atomic mass is 28.3. The second-order valence-electron chi connectivity index (χ2n) is 6.58. The molecule has 145 valence electrons. The van der Waals surface area contributed by atoms with Gasteiger partial charge in [0.15, 0.2) is 5.65 Å². The number of anilines is 2. The lowest BCUT2D eigenvalue weighted by Gasteiger charge is -2.11. The molecule has 0 saturated carbocycles. The first-order valence-corrected chi connectivity index (χ1v) is 10.5. The molecule has 1 aliphatic rings. The van der Waals surface area contributed by atoms with Crippen LogP contribution in [0.2, 0.25) is 6.04 Å². The first-order valence-electron chi connectivity index (χ1n) is 8.61. The highest BCUT2D eigenvalue weighted by Gasteiger charge is 2.27. The van der Waals surface area contributed by atoms with Crippen LogP contribution in [-0.2, 0) is 11.8 Å². The summed E-state index contributed by atoms with van der Waals surface area (Å²) < 4.78 is 22.8. The highest BCUT2D eigenvalue weighted by Crippen LogP contribution is 2.23. The van der Waals surface area contributed by atoms with Gasteiger partial charge in [-0.1, -0.05) is 0 Å². The predicted octanol–water partition coefficient (Wildman–Crippen LogP) is 0.829. The van der Waals surface area contributed by atoms with E-state index in [1.807, 2.05) is 0 Å². The number of nitrogens with zero attached hydrogens (tertiary/aromatic N) is 4. The minimum Gasteiger partial charge on any atom is -0.383 e. The molecule has 1 saturated heterocycles. The number of hydrogen-bond donors (Lipinski definition) is 2. The van der Waals surface area contributed by atoms with Crippen LogP contribution in [0, 0.1) is 12.7 Å². The third-order valence-electron chi connectivity index (χ3n) is 4.75. The van der Waals surface area contributed by atoms with Crippen LogP contribution in [-0.4, -0.2) is 46.5 Å². The van der Waals surface area contributed by atoms with Crippen molar-refractivity contribution >= 4 is 37.7 Å². The van der Waals surface area contributed by atoms with E-state index in [9.17, 15) is 14.0 Å². The number of rotatable bonds is 4. The molecule has 0 bridgehead atoms. The summed E-state index contributed by atoms with van der Waals surface area (Å²) in [5.74, 6) is -1.34. The van der Waals surface area contributed by atoms with E-state index in [4.69, 9.17) is 10.5 Å². The fourth-order valence-corrected chi connectivity index (χ4v) is 5.35. The topological polar surface area (TPSA) is 117 Å². The van der Waals surface area contributed by atoms with Crippen molar-refractivity contribution in [2.24, 2.45) is 12.8 Å². The van der Waals surface area contributed by atoms with Crippen molar-refractivity contribution < 1.29 is 13.9 Å². The van der Waals surface area contributed by atoms with Crippen molar-refractivity contribution in [2.45, 2.75) is 13.0 Å². The van der Waals surface area contributed by atoms with Crippen molar-refractivity contribution in [3.05, 3.63) is 45.8 Å². The molecular formula is C17H18FN6O3Si. The molecule has 1 amide bonds. The van der Waals surface area contributed by atoms with Gasteiger partial charge in [-0.25, -0.2) is 14.2 Å².